The van der Waals surface area contributed by atoms with Crippen LogP contribution in [-0.2, 0) is 13.1 Å². The molecule has 0 bridgehead atoms. The molecule has 2 aromatic rings. The van der Waals surface area contributed by atoms with Crippen LogP contribution in [0.3, 0.4) is 0 Å². The summed E-state index contributed by atoms with van der Waals surface area (Å²) in [4.78, 5) is 10.9. The molecular weight excluding hydrogens is 468 g/mol. The summed E-state index contributed by atoms with van der Waals surface area (Å²) in [5.41, 5.74) is 1.77. The maximum atomic E-state index is 13.8. The molecule has 0 unspecified atom stereocenters. The van der Waals surface area contributed by atoms with Gasteiger partial charge in [-0.1, -0.05) is 24.3 Å². The third-order valence-electron chi connectivity index (χ3n) is 5.00. The predicted octanol–water partition coefficient (Wildman–Crippen LogP) is 3.42. The van der Waals surface area contributed by atoms with E-state index in [0.717, 1.165) is 49.7 Å². The van der Waals surface area contributed by atoms with Crippen molar-refractivity contribution in [1.29, 1.82) is 0 Å². The molecule has 1 aliphatic heterocycles. The zero-order valence-electron chi connectivity index (χ0n) is 16.3. The van der Waals surface area contributed by atoms with Gasteiger partial charge in [-0.15, -0.1) is 24.0 Å². The number of halogens is 2. The van der Waals surface area contributed by atoms with Crippen molar-refractivity contribution in [2.24, 2.45) is 10.9 Å². The van der Waals surface area contributed by atoms with E-state index in [0.29, 0.717) is 19.0 Å². The number of rotatable bonds is 6. The molecule has 1 fully saturated rings. The first-order chi connectivity index (χ1) is 13.2. The fourth-order valence-corrected chi connectivity index (χ4v) is 3.35. The van der Waals surface area contributed by atoms with Gasteiger partial charge in [0.1, 0.15) is 5.82 Å². The molecule has 5 nitrogen and oxygen atoms in total. The van der Waals surface area contributed by atoms with Crippen molar-refractivity contribution in [3.63, 3.8) is 0 Å². The van der Waals surface area contributed by atoms with Gasteiger partial charge in [0.15, 0.2) is 5.96 Å². The zero-order chi connectivity index (χ0) is 18.9. The van der Waals surface area contributed by atoms with E-state index in [9.17, 15) is 4.39 Å². The Balaban J connectivity index is 0.00000280. The van der Waals surface area contributed by atoms with Crippen molar-refractivity contribution in [3.05, 3.63) is 65.7 Å². The molecule has 7 heteroatoms. The van der Waals surface area contributed by atoms with Gasteiger partial charge in [0.05, 0.1) is 12.2 Å². The molecule has 0 amide bonds. The quantitative estimate of drug-likeness (QED) is 0.365. The topological polar surface area (TPSA) is 52.6 Å². The van der Waals surface area contributed by atoms with Crippen LogP contribution in [0, 0.1) is 11.7 Å². The first-order valence-corrected chi connectivity index (χ1v) is 9.55. The minimum atomic E-state index is -0.107. The molecule has 0 spiro atoms. The van der Waals surface area contributed by atoms with E-state index in [2.05, 4.69) is 25.5 Å². The lowest BCUT2D eigenvalue weighted by Gasteiger charge is -2.32. The number of piperidine rings is 1. The van der Waals surface area contributed by atoms with Crippen molar-refractivity contribution >= 4 is 29.9 Å². The number of aromatic nitrogens is 1. The molecule has 28 heavy (non-hydrogen) atoms. The van der Waals surface area contributed by atoms with E-state index >= 15 is 0 Å². The van der Waals surface area contributed by atoms with Crippen LogP contribution in [-0.4, -0.2) is 42.5 Å². The number of likely N-dealkylation sites (tertiary alicyclic amines) is 1. The second kappa shape index (κ2) is 12.0. The molecule has 1 aromatic heterocycles. The van der Waals surface area contributed by atoms with Gasteiger partial charge in [-0.2, -0.15) is 0 Å². The van der Waals surface area contributed by atoms with Gasteiger partial charge in [-0.05, 0) is 50.0 Å². The van der Waals surface area contributed by atoms with Gasteiger partial charge in [0.25, 0.3) is 0 Å². The highest BCUT2D eigenvalue weighted by Crippen LogP contribution is 2.19. The summed E-state index contributed by atoms with van der Waals surface area (Å²) in [5, 5.41) is 6.71. The summed E-state index contributed by atoms with van der Waals surface area (Å²) in [7, 11) is 1.78. The van der Waals surface area contributed by atoms with Crippen molar-refractivity contribution in [2.45, 2.75) is 25.9 Å². The van der Waals surface area contributed by atoms with Crippen LogP contribution < -0.4 is 10.6 Å². The number of hydrogen-bond acceptors (Lipinski definition) is 3. The van der Waals surface area contributed by atoms with E-state index in [1.165, 1.54) is 6.07 Å². The van der Waals surface area contributed by atoms with E-state index < -0.39 is 0 Å². The molecular formula is C21H29FIN5. The number of nitrogens with one attached hydrogen (secondary N) is 2. The van der Waals surface area contributed by atoms with E-state index in [1.807, 2.05) is 30.3 Å². The van der Waals surface area contributed by atoms with Crippen LogP contribution >= 0.6 is 24.0 Å². The molecule has 0 atom stereocenters. The first-order valence-electron chi connectivity index (χ1n) is 9.55. The normalized spacial score (nSPS) is 15.7. The minimum absolute atomic E-state index is 0. The molecule has 152 valence electrons. The SMILES string of the molecule is CN=C(NCc1ccccn1)NCC1CCN(Cc2ccccc2F)CC1.I. The lowest BCUT2D eigenvalue weighted by Crippen LogP contribution is -2.42. The van der Waals surface area contributed by atoms with E-state index in [4.69, 9.17) is 0 Å². The monoisotopic (exact) mass is 497 g/mol. The van der Waals surface area contributed by atoms with Gasteiger partial charge in [0, 0.05) is 31.9 Å². The van der Waals surface area contributed by atoms with Crippen molar-refractivity contribution in [2.75, 3.05) is 26.7 Å². The lowest BCUT2D eigenvalue weighted by atomic mass is 9.96. The highest BCUT2D eigenvalue weighted by molar-refractivity contribution is 14.0. The van der Waals surface area contributed by atoms with Crippen LogP contribution in [0.5, 0.6) is 0 Å². The van der Waals surface area contributed by atoms with Gasteiger partial charge in [-0.3, -0.25) is 14.9 Å². The fraction of sp³-hybridized carbons (Fsp3) is 0.429. The number of pyridine rings is 1. The minimum Gasteiger partial charge on any atom is -0.356 e. The van der Waals surface area contributed by atoms with Gasteiger partial charge in [0.2, 0.25) is 0 Å². The van der Waals surface area contributed by atoms with Crippen LogP contribution in [0.25, 0.3) is 0 Å². The average Bonchev–Trinajstić information content (AvgIpc) is 2.72. The van der Waals surface area contributed by atoms with E-state index in [1.54, 1.807) is 19.3 Å². The Bertz CT molecular complexity index is 733. The predicted molar refractivity (Wildman–Crippen MR) is 122 cm³/mol. The molecule has 1 saturated heterocycles. The Morgan fingerprint density at radius 3 is 2.57 bits per heavy atom. The first kappa shape index (κ1) is 22.5. The van der Waals surface area contributed by atoms with Gasteiger partial charge < -0.3 is 10.6 Å². The summed E-state index contributed by atoms with van der Waals surface area (Å²) < 4.78 is 13.8. The zero-order valence-corrected chi connectivity index (χ0v) is 18.6. The summed E-state index contributed by atoms with van der Waals surface area (Å²) >= 11 is 0. The summed E-state index contributed by atoms with van der Waals surface area (Å²) in [6, 6.07) is 12.9. The van der Waals surface area contributed by atoms with Crippen LogP contribution in [0.15, 0.2) is 53.7 Å². The summed E-state index contributed by atoms with van der Waals surface area (Å²) in [6.07, 6.45) is 4.01. The third-order valence-corrected chi connectivity index (χ3v) is 5.00. The number of nitrogens with zero attached hydrogens (tertiary/aromatic N) is 3. The van der Waals surface area contributed by atoms with Gasteiger partial charge in [-0.25, -0.2) is 4.39 Å². The highest BCUT2D eigenvalue weighted by atomic mass is 127. The third kappa shape index (κ3) is 7.01. The summed E-state index contributed by atoms with van der Waals surface area (Å²) in [5.74, 6) is 1.30. The average molecular weight is 497 g/mol. The molecule has 1 aliphatic rings. The highest BCUT2D eigenvalue weighted by Gasteiger charge is 2.20. The second-order valence-electron chi connectivity index (χ2n) is 6.94. The van der Waals surface area contributed by atoms with Crippen LogP contribution in [0.2, 0.25) is 0 Å². The Hall–Kier alpha value is -1.74. The second-order valence-corrected chi connectivity index (χ2v) is 6.94. The number of aliphatic imine (C=N–C) groups is 1. The molecule has 2 N–H and O–H groups in total. The fourth-order valence-electron chi connectivity index (χ4n) is 3.35. The standard InChI is InChI=1S/C21H28FN5.HI/c1-23-21(26-15-19-7-4-5-11-24-19)25-14-17-9-12-27(13-10-17)16-18-6-2-3-8-20(18)22;/h2-8,11,17H,9-10,12-16H2,1H3,(H2,23,25,26);1H. The molecule has 0 saturated carbocycles. The molecule has 0 radical (unpaired) electrons. The lowest BCUT2D eigenvalue weighted by molar-refractivity contribution is 0.176. The Morgan fingerprint density at radius 2 is 1.89 bits per heavy atom. The van der Waals surface area contributed by atoms with Gasteiger partial charge >= 0.3 is 0 Å². The Labute approximate surface area is 183 Å². The number of guanidine groups is 1. The Kier molecular flexibility index (Phi) is 9.63. The molecule has 0 aliphatic carbocycles. The van der Waals surface area contributed by atoms with Crippen LogP contribution in [0.1, 0.15) is 24.1 Å². The Morgan fingerprint density at radius 1 is 1.14 bits per heavy atom. The maximum Gasteiger partial charge on any atom is 0.191 e. The summed E-state index contributed by atoms with van der Waals surface area (Å²) in [6.45, 7) is 4.25. The van der Waals surface area contributed by atoms with Crippen molar-refractivity contribution in [3.8, 4) is 0 Å². The maximum absolute atomic E-state index is 13.8. The van der Waals surface area contributed by atoms with Crippen molar-refractivity contribution in [1.82, 2.24) is 20.5 Å². The smallest absolute Gasteiger partial charge is 0.191 e. The van der Waals surface area contributed by atoms with Crippen molar-refractivity contribution < 1.29 is 4.39 Å². The van der Waals surface area contributed by atoms with E-state index in [-0.39, 0.29) is 29.8 Å². The number of benzene rings is 1. The molecule has 3 rings (SSSR count). The largest absolute Gasteiger partial charge is 0.356 e. The van der Waals surface area contributed by atoms with Crippen LogP contribution in [0.4, 0.5) is 4.39 Å². The molecule has 2 heterocycles. The molecule has 1 aromatic carbocycles. The number of hydrogen-bond donors (Lipinski definition) is 2.